The van der Waals surface area contributed by atoms with Crippen LogP contribution < -0.4 is 10.2 Å². The third-order valence-corrected chi connectivity index (χ3v) is 5.57. The number of Topliss-reactive ketones (excluding diaryl/α,β-unsaturated/α-hetero) is 1. The van der Waals surface area contributed by atoms with Crippen molar-refractivity contribution in [1.82, 2.24) is 4.90 Å². The van der Waals surface area contributed by atoms with Crippen LogP contribution in [0.1, 0.15) is 36.7 Å². The molecule has 29 heavy (non-hydrogen) atoms. The fourth-order valence-electron chi connectivity index (χ4n) is 3.57. The van der Waals surface area contributed by atoms with Gasteiger partial charge >= 0.3 is 0 Å². The number of aryl methyl sites for hydroxylation is 1. The first-order valence-corrected chi connectivity index (χ1v) is 10.1. The van der Waals surface area contributed by atoms with E-state index in [9.17, 15) is 14.0 Å². The molecule has 0 bridgehead atoms. The molecule has 3 rings (SSSR count). The molecule has 1 aliphatic rings. The van der Waals surface area contributed by atoms with Crippen LogP contribution >= 0.6 is 0 Å². The molecule has 1 N–H and O–H groups in total. The van der Waals surface area contributed by atoms with E-state index in [1.165, 1.54) is 18.6 Å². The molecular formula is C23H28FN3O2. The number of nitrogens with zero attached hydrogens (tertiary/aromatic N) is 2. The number of ketones is 1. The van der Waals surface area contributed by atoms with Crippen LogP contribution in [-0.2, 0) is 11.2 Å². The summed E-state index contributed by atoms with van der Waals surface area (Å²) in [7, 11) is 0. The molecule has 0 saturated carbocycles. The van der Waals surface area contributed by atoms with Crippen molar-refractivity contribution >= 4 is 23.1 Å². The fraction of sp³-hybridized carbons (Fsp3) is 0.391. The van der Waals surface area contributed by atoms with Gasteiger partial charge in [-0.15, -0.1) is 0 Å². The highest BCUT2D eigenvalue weighted by Crippen LogP contribution is 2.23. The summed E-state index contributed by atoms with van der Waals surface area (Å²) in [5.74, 6) is -0.573. The number of piperazine rings is 1. The number of carbonyl (C=O) groups excluding carboxylic acids is 2. The Morgan fingerprint density at radius 1 is 1.07 bits per heavy atom. The zero-order chi connectivity index (χ0) is 21.0. The molecule has 1 atom stereocenters. The second kappa shape index (κ2) is 9.18. The number of rotatable bonds is 6. The van der Waals surface area contributed by atoms with E-state index in [0.29, 0.717) is 37.4 Å². The third-order valence-electron chi connectivity index (χ3n) is 5.57. The molecule has 0 aromatic heterocycles. The van der Waals surface area contributed by atoms with Gasteiger partial charge in [0, 0.05) is 37.4 Å². The summed E-state index contributed by atoms with van der Waals surface area (Å²) in [5.41, 5.74) is 2.91. The number of benzene rings is 2. The largest absolute Gasteiger partial charge is 0.367 e. The van der Waals surface area contributed by atoms with Crippen LogP contribution in [0.5, 0.6) is 0 Å². The lowest BCUT2D eigenvalue weighted by Gasteiger charge is -2.38. The Labute approximate surface area is 171 Å². The van der Waals surface area contributed by atoms with Crippen LogP contribution in [0.2, 0.25) is 0 Å². The van der Waals surface area contributed by atoms with E-state index >= 15 is 0 Å². The van der Waals surface area contributed by atoms with Gasteiger partial charge in [-0.25, -0.2) is 4.39 Å². The van der Waals surface area contributed by atoms with E-state index in [1.54, 1.807) is 12.1 Å². The van der Waals surface area contributed by atoms with Gasteiger partial charge < -0.3 is 10.2 Å². The van der Waals surface area contributed by atoms with Crippen molar-refractivity contribution in [2.75, 3.05) is 36.4 Å². The number of hydrogen-bond acceptors (Lipinski definition) is 4. The summed E-state index contributed by atoms with van der Waals surface area (Å²) in [6, 6.07) is 12.2. The SMILES string of the molecule is CCc1ccc(NC(=O)C(C)N2CCN(c3ccc(C(C)=O)cc3F)CC2)cc1. The monoisotopic (exact) mass is 397 g/mol. The average molecular weight is 397 g/mol. The first-order valence-electron chi connectivity index (χ1n) is 10.1. The van der Waals surface area contributed by atoms with Crippen LogP contribution in [0.25, 0.3) is 0 Å². The molecule has 2 aromatic carbocycles. The molecule has 0 aliphatic carbocycles. The van der Waals surface area contributed by atoms with E-state index in [1.807, 2.05) is 36.1 Å². The zero-order valence-corrected chi connectivity index (χ0v) is 17.2. The number of hydrogen-bond donors (Lipinski definition) is 1. The maximum Gasteiger partial charge on any atom is 0.241 e. The summed E-state index contributed by atoms with van der Waals surface area (Å²) < 4.78 is 14.4. The van der Waals surface area contributed by atoms with Gasteiger partial charge in [-0.2, -0.15) is 0 Å². The van der Waals surface area contributed by atoms with Crippen molar-refractivity contribution in [1.29, 1.82) is 0 Å². The van der Waals surface area contributed by atoms with Crippen molar-refractivity contribution in [3.8, 4) is 0 Å². The normalized spacial score (nSPS) is 15.8. The summed E-state index contributed by atoms with van der Waals surface area (Å²) >= 11 is 0. The average Bonchev–Trinajstić information content (AvgIpc) is 2.73. The maximum absolute atomic E-state index is 14.4. The Kier molecular flexibility index (Phi) is 6.64. The Morgan fingerprint density at radius 2 is 1.72 bits per heavy atom. The molecule has 2 aromatic rings. The molecular weight excluding hydrogens is 369 g/mol. The van der Waals surface area contributed by atoms with Gasteiger partial charge in [0.25, 0.3) is 0 Å². The van der Waals surface area contributed by atoms with E-state index in [-0.39, 0.29) is 23.5 Å². The maximum atomic E-state index is 14.4. The van der Waals surface area contributed by atoms with Gasteiger partial charge in [0.05, 0.1) is 11.7 Å². The van der Waals surface area contributed by atoms with Crippen LogP contribution in [-0.4, -0.2) is 48.8 Å². The highest BCUT2D eigenvalue weighted by Gasteiger charge is 2.26. The topological polar surface area (TPSA) is 52.7 Å². The lowest BCUT2D eigenvalue weighted by atomic mass is 10.1. The molecule has 0 spiro atoms. The highest BCUT2D eigenvalue weighted by molar-refractivity contribution is 5.95. The van der Waals surface area contributed by atoms with Gasteiger partial charge in [-0.1, -0.05) is 19.1 Å². The van der Waals surface area contributed by atoms with Gasteiger partial charge in [0.1, 0.15) is 5.82 Å². The number of carbonyl (C=O) groups is 2. The van der Waals surface area contributed by atoms with Gasteiger partial charge in [0.2, 0.25) is 5.91 Å². The first-order chi connectivity index (χ1) is 13.9. The van der Waals surface area contributed by atoms with Crippen molar-refractivity contribution in [3.63, 3.8) is 0 Å². The molecule has 1 saturated heterocycles. The van der Waals surface area contributed by atoms with Crippen molar-refractivity contribution in [3.05, 3.63) is 59.4 Å². The highest BCUT2D eigenvalue weighted by atomic mass is 19.1. The van der Waals surface area contributed by atoms with E-state index in [2.05, 4.69) is 17.1 Å². The third kappa shape index (κ3) is 5.01. The van der Waals surface area contributed by atoms with E-state index in [4.69, 9.17) is 0 Å². The Morgan fingerprint density at radius 3 is 2.28 bits per heavy atom. The predicted molar refractivity (Wildman–Crippen MR) is 114 cm³/mol. The van der Waals surface area contributed by atoms with E-state index < -0.39 is 0 Å². The lowest BCUT2D eigenvalue weighted by molar-refractivity contribution is -0.120. The molecule has 1 fully saturated rings. The van der Waals surface area contributed by atoms with Crippen molar-refractivity contribution in [2.24, 2.45) is 0 Å². The molecule has 1 amide bonds. The van der Waals surface area contributed by atoms with Crippen LogP contribution in [0.4, 0.5) is 15.8 Å². The van der Waals surface area contributed by atoms with Crippen molar-refractivity contribution < 1.29 is 14.0 Å². The smallest absolute Gasteiger partial charge is 0.241 e. The van der Waals surface area contributed by atoms with Crippen LogP contribution in [0.3, 0.4) is 0 Å². The van der Waals surface area contributed by atoms with E-state index in [0.717, 1.165) is 12.1 Å². The summed E-state index contributed by atoms with van der Waals surface area (Å²) in [5, 5.41) is 2.97. The number of amides is 1. The van der Waals surface area contributed by atoms with Gasteiger partial charge in [-0.3, -0.25) is 14.5 Å². The second-order valence-corrected chi connectivity index (χ2v) is 7.46. The predicted octanol–water partition coefficient (Wildman–Crippen LogP) is 3.74. The first kappa shape index (κ1) is 21.0. The summed E-state index contributed by atoms with van der Waals surface area (Å²) in [6.07, 6.45) is 0.965. The van der Waals surface area contributed by atoms with Gasteiger partial charge in [0.15, 0.2) is 5.78 Å². The minimum atomic E-state index is -0.382. The number of halogens is 1. The molecule has 1 unspecified atom stereocenters. The molecule has 1 aliphatic heterocycles. The summed E-state index contributed by atoms with van der Waals surface area (Å²) in [4.78, 5) is 28.1. The Bertz CT molecular complexity index is 874. The summed E-state index contributed by atoms with van der Waals surface area (Å²) in [6.45, 7) is 8.00. The minimum absolute atomic E-state index is 0.0420. The lowest BCUT2D eigenvalue weighted by Crippen LogP contribution is -2.53. The number of anilines is 2. The quantitative estimate of drug-likeness (QED) is 0.755. The molecule has 154 valence electrons. The van der Waals surface area contributed by atoms with Crippen LogP contribution in [0, 0.1) is 5.82 Å². The standard InChI is InChI=1S/C23H28FN3O2/c1-4-18-5-8-20(9-6-18)25-23(29)16(2)26-11-13-27(14-12-26)22-10-7-19(17(3)28)15-21(22)24/h5-10,15-16H,4,11-14H2,1-3H3,(H,25,29). The van der Waals surface area contributed by atoms with Crippen LogP contribution in [0.15, 0.2) is 42.5 Å². The van der Waals surface area contributed by atoms with Crippen molar-refractivity contribution in [2.45, 2.75) is 33.2 Å². The van der Waals surface area contributed by atoms with Gasteiger partial charge in [-0.05, 0) is 56.2 Å². The Hall–Kier alpha value is -2.73. The molecule has 5 nitrogen and oxygen atoms in total. The fourth-order valence-corrected chi connectivity index (χ4v) is 3.57. The molecule has 1 heterocycles. The number of nitrogens with one attached hydrogen (secondary N) is 1. The zero-order valence-electron chi connectivity index (χ0n) is 17.2. The second-order valence-electron chi connectivity index (χ2n) is 7.46. The molecule has 6 heteroatoms. The molecule has 0 radical (unpaired) electrons. The Balaban J connectivity index is 1.56. The minimum Gasteiger partial charge on any atom is -0.367 e.